The Hall–Kier alpha value is -1.13. The fourth-order valence-electron chi connectivity index (χ4n) is 0.609. The SMILES string of the molecule is C=CC(=O)Nc1cnc(Cl)nc1Cl. The monoisotopic (exact) mass is 217 g/mol. The number of nitrogens with zero attached hydrogens (tertiary/aromatic N) is 2. The van der Waals surface area contributed by atoms with Gasteiger partial charge in [-0.25, -0.2) is 9.97 Å². The molecule has 0 atom stereocenters. The number of hydrogen-bond donors (Lipinski definition) is 1. The summed E-state index contributed by atoms with van der Waals surface area (Å²) in [5, 5.41) is 2.54. The highest BCUT2D eigenvalue weighted by Gasteiger charge is 2.05. The minimum atomic E-state index is -0.382. The maximum Gasteiger partial charge on any atom is 0.247 e. The van der Waals surface area contributed by atoms with Crippen molar-refractivity contribution in [3.05, 3.63) is 29.3 Å². The molecule has 0 aliphatic heterocycles. The molecule has 4 nitrogen and oxygen atoms in total. The molecule has 0 radical (unpaired) electrons. The number of amides is 1. The van der Waals surface area contributed by atoms with Crippen molar-refractivity contribution in [2.24, 2.45) is 0 Å². The van der Waals surface area contributed by atoms with Crippen LogP contribution in [0.25, 0.3) is 0 Å². The molecule has 0 unspecified atom stereocenters. The lowest BCUT2D eigenvalue weighted by Crippen LogP contribution is -2.08. The fraction of sp³-hybridized carbons (Fsp3) is 0. The zero-order valence-corrected chi connectivity index (χ0v) is 7.93. The molecule has 0 saturated heterocycles. The van der Waals surface area contributed by atoms with Crippen molar-refractivity contribution in [2.45, 2.75) is 0 Å². The Balaban J connectivity index is 2.89. The topological polar surface area (TPSA) is 54.9 Å². The molecule has 0 aliphatic carbocycles. The van der Waals surface area contributed by atoms with E-state index < -0.39 is 0 Å². The molecule has 1 amide bonds. The van der Waals surface area contributed by atoms with E-state index in [1.165, 1.54) is 6.20 Å². The van der Waals surface area contributed by atoms with Crippen LogP contribution >= 0.6 is 23.2 Å². The van der Waals surface area contributed by atoms with Crippen LogP contribution in [0.3, 0.4) is 0 Å². The third kappa shape index (κ3) is 2.68. The molecule has 6 heteroatoms. The predicted molar refractivity (Wildman–Crippen MR) is 50.9 cm³/mol. The van der Waals surface area contributed by atoms with Crippen LogP contribution in [0.5, 0.6) is 0 Å². The Labute approximate surface area is 84.6 Å². The van der Waals surface area contributed by atoms with Gasteiger partial charge in [0, 0.05) is 0 Å². The van der Waals surface area contributed by atoms with Crippen molar-refractivity contribution >= 4 is 34.8 Å². The van der Waals surface area contributed by atoms with Crippen molar-refractivity contribution in [3.63, 3.8) is 0 Å². The normalized spacial score (nSPS) is 9.38. The summed E-state index contributed by atoms with van der Waals surface area (Å²) in [7, 11) is 0. The zero-order chi connectivity index (χ0) is 9.84. The van der Waals surface area contributed by atoms with Crippen LogP contribution in [0.1, 0.15) is 0 Å². The fourth-order valence-corrected chi connectivity index (χ4v) is 0.961. The van der Waals surface area contributed by atoms with E-state index in [1.807, 2.05) is 0 Å². The summed E-state index contributed by atoms with van der Waals surface area (Å²) in [4.78, 5) is 18.1. The summed E-state index contributed by atoms with van der Waals surface area (Å²) in [6, 6.07) is 0. The molecule has 1 aromatic rings. The highest BCUT2D eigenvalue weighted by molar-refractivity contribution is 6.34. The lowest BCUT2D eigenvalue weighted by atomic mass is 10.5. The van der Waals surface area contributed by atoms with E-state index in [9.17, 15) is 4.79 Å². The standard InChI is InChI=1S/C7H5Cl2N3O/c1-2-5(13)11-4-3-10-7(9)12-6(4)8/h2-3H,1H2,(H,11,13). The molecular formula is C7H5Cl2N3O. The first kappa shape index (κ1) is 9.95. The maximum atomic E-state index is 10.8. The Morgan fingerprint density at radius 1 is 1.62 bits per heavy atom. The minimum Gasteiger partial charge on any atom is -0.319 e. The van der Waals surface area contributed by atoms with E-state index >= 15 is 0 Å². The number of halogens is 2. The van der Waals surface area contributed by atoms with Gasteiger partial charge in [0.1, 0.15) is 0 Å². The number of nitrogens with one attached hydrogen (secondary N) is 1. The van der Waals surface area contributed by atoms with E-state index in [0.29, 0.717) is 5.69 Å². The average Bonchev–Trinajstić information content (AvgIpc) is 2.09. The van der Waals surface area contributed by atoms with Gasteiger partial charge in [-0.2, -0.15) is 0 Å². The molecule has 0 spiro atoms. The van der Waals surface area contributed by atoms with Crippen LogP contribution in [0, 0.1) is 0 Å². The second-order valence-corrected chi connectivity index (χ2v) is 2.73. The van der Waals surface area contributed by atoms with E-state index in [1.54, 1.807) is 0 Å². The predicted octanol–water partition coefficient (Wildman–Crippen LogP) is 1.91. The Bertz CT molecular complexity index is 354. The number of hydrogen-bond acceptors (Lipinski definition) is 3. The summed E-state index contributed by atoms with van der Waals surface area (Å²) in [6.45, 7) is 3.28. The van der Waals surface area contributed by atoms with E-state index in [-0.39, 0.29) is 16.3 Å². The molecule has 13 heavy (non-hydrogen) atoms. The Morgan fingerprint density at radius 3 is 2.85 bits per heavy atom. The second kappa shape index (κ2) is 4.20. The summed E-state index contributed by atoms with van der Waals surface area (Å²) >= 11 is 11.1. The molecule has 0 saturated carbocycles. The Morgan fingerprint density at radius 2 is 2.31 bits per heavy atom. The van der Waals surface area contributed by atoms with E-state index in [0.717, 1.165) is 6.08 Å². The number of carbonyl (C=O) groups excluding carboxylic acids is 1. The van der Waals surface area contributed by atoms with Crippen LogP contribution < -0.4 is 5.32 Å². The van der Waals surface area contributed by atoms with Gasteiger partial charge in [-0.3, -0.25) is 4.79 Å². The highest BCUT2D eigenvalue weighted by Crippen LogP contribution is 2.18. The van der Waals surface area contributed by atoms with Crippen molar-refractivity contribution in [3.8, 4) is 0 Å². The van der Waals surface area contributed by atoms with Crippen molar-refractivity contribution in [1.82, 2.24) is 9.97 Å². The van der Waals surface area contributed by atoms with Crippen LogP contribution in [0.15, 0.2) is 18.9 Å². The lowest BCUT2D eigenvalue weighted by Gasteiger charge is -2.02. The molecule has 1 heterocycles. The van der Waals surface area contributed by atoms with Gasteiger partial charge < -0.3 is 5.32 Å². The first-order chi connectivity index (χ1) is 6.13. The summed E-state index contributed by atoms with van der Waals surface area (Å²) in [6.07, 6.45) is 2.43. The van der Waals surface area contributed by atoms with Crippen molar-refractivity contribution in [1.29, 1.82) is 0 Å². The van der Waals surface area contributed by atoms with Gasteiger partial charge in [0.25, 0.3) is 0 Å². The molecule has 0 bridgehead atoms. The van der Waals surface area contributed by atoms with Crippen molar-refractivity contribution in [2.75, 3.05) is 5.32 Å². The number of aromatic nitrogens is 2. The molecule has 1 N–H and O–H groups in total. The molecular weight excluding hydrogens is 213 g/mol. The van der Waals surface area contributed by atoms with Gasteiger partial charge in [-0.05, 0) is 17.7 Å². The molecule has 1 rings (SSSR count). The van der Waals surface area contributed by atoms with Crippen LogP contribution in [0.4, 0.5) is 5.69 Å². The first-order valence-electron chi connectivity index (χ1n) is 3.25. The highest BCUT2D eigenvalue weighted by atomic mass is 35.5. The van der Waals surface area contributed by atoms with Gasteiger partial charge in [0.15, 0.2) is 5.15 Å². The largest absolute Gasteiger partial charge is 0.319 e. The molecule has 1 aromatic heterocycles. The van der Waals surface area contributed by atoms with Gasteiger partial charge in [0.05, 0.1) is 11.9 Å². The molecule has 0 aromatic carbocycles. The van der Waals surface area contributed by atoms with Crippen molar-refractivity contribution < 1.29 is 4.79 Å². The minimum absolute atomic E-state index is 0.0293. The zero-order valence-electron chi connectivity index (χ0n) is 6.42. The van der Waals surface area contributed by atoms with Crippen LogP contribution in [0.2, 0.25) is 10.4 Å². The van der Waals surface area contributed by atoms with E-state index in [4.69, 9.17) is 23.2 Å². The summed E-state index contributed by atoms with van der Waals surface area (Å²) in [5.74, 6) is -0.382. The summed E-state index contributed by atoms with van der Waals surface area (Å²) in [5.41, 5.74) is 0.302. The second-order valence-electron chi connectivity index (χ2n) is 2.04. The van der Waals surface area contributed by atoms with Gasteiger partial charge in [-0.1, -0.05) is 18.2 Å². The van der Waals surface area contributed by atoms with Gasteiger partial charge in [-0.15, -0.1) is 0 Å². The molecule has 0 fully saturated rings. The number of rotatable bonds is 2. The van der Waals surface area contributed by atoms with Gasteiger partial charge in [0.2, 0.25) is 11.2 Å². The third-order valence-electron chi connectivity index (χ3n) is 1.16. The van der Waals surface area contributed by atoms with Crippen LogP contribution in [-0.2, 0) is 4.79 Å². The molecule has 68 valence electrons. The quantitative estimate of drug-likeness (QED) is 0.468. The number of anilines is 1. The van der Waals surface area contributed by atoms with Crippen LogP contribution in [-0.4, -0.2) is 15.9 Å². The molecule has 0 aliphatic rings. The Kier molecular flexibility index (Phi) is 3.22. The van der Waals surface area contributed by atoms with Gasteiger partial charge >= 0.3 is 0 Å². The lowest BCUT2D eigenvalue weighted by molar-refractivity contribution is -0.111. The third-order valence-corrected chi connectivity index (χ3v) is 1.63. The maximum absolute atomic E-state index is 10.8. The smallest absolute Gasteiger partial charge is 0.247 e. The summed E-state index contributed by atoms with van der Waals surface area (Å²) < 4.78 is 0. The first-order valence-corrected chi connectivity index (χ1v) is 4.00. The number of carbonyl (C=O) groups is 1. The average molecular weight is 218 g/mol. The van der Waals surface area contributed by atoms with E-state index in [2.05, 4.69) is 21.9 Å².